The molecule has 0 aliphatic heterocycles. The van der Waals surface area contributed by atoms with Gasteiger partial charge in [-0.1, -0.05) is 152 Å². The summed E-state index contributed by atoms with van der Waals surface area (Å²) in [6.45, 7) is 4.32. The van der Waals surface area contributed by atoms with E-state index in [0.717, 1.165) is 38.5 Å². The van der Waals surface area contributed by atoms with Gasteiger partial charge in [0.05, 0.1) is 27.7 Å². The van der Waals surface area contributed by atoms with Gasteiger partial charge in [0.1, 0.15) is 19.8 Å². The minimum Gasteiger partial charge on any atom is -0.462 e. The molecule has 0 aromatic carbocycles. The van der Waals surface area contributed by atoms with Crippen LogP contribution in [0.25, 0.3) is 0 Å². The molecule has 0 aromatic heterocycles. The number of likely N-dealkylation sites (N-methyl/N-ethyl adjacent to an activating group) is 1. The van der Waals surface area contributed by atoms with E-state index in [2.05, 4.69) is 62.5 Å². The molecule has 0 aliphatic rings. The molecule has 1 unspecified atom stereocenters. The third kappa shape index (κ3) is 39.7. The molecule has 314 valence electrons. The second-order valence-corrected chi connectivity index (χ2v) is 16.8. The van der Waals surface area contributed by atoms with Crippen molar-refractivity contribution in [2.75, 3.05) is 47.5 Å². The molecule has 0 bridgehead atoms. The van der Waals surface area contributed by atoms with E-state index < -0.39 is 32.5 Å². The monoisotopic (exact) mass is 783 g/mol. The van der Waals surface area contributed by atoms with Gasteiger partial charge in [0.25, 0.3) is 0 Å². The van der Waals surface area contributed by atoms with E-state index in [9.17, 15) is 19.0 Å². The molecule has 0 spiro atoms. The average Bonchev–Trinajstić information content (AvgIpc) is 3.12. The molecule has 10 heteroatoms. The fourth-order valence-electron chi connectivity index (χ4n) is 5.48. The van der Waals surface area contributed by atoms with Gasteiger partial charge in [0, 0.05) is 12.8 Å². The fraction of sp³-hybridized carbons (Fsp3) is 0.773. The number of hydrogen-bond acceptors (Lipinski definition) is 7. The summed E-state index contributed by atoms with van der Waals surface area (Å²) in [7, 11) is 1.45. The normalized spacial score (nSPS) is 14.1. The summed E-state index contributed by atoms with van der Waals surface area (Å²) < 4.78 is 34.2. The van der Waals surface area contributed by atoms with E-state index in [0.29, 0.717) is 23.9 Å². The van der Waals surface area contributed by atoms with Crippen molar-refractivity contribution in [2.24, 2.45) is 0 Å². The van der Waals surface area contributed by atoms with Crippen LogP contribution in [0.4, 0.5) is 0 Å². The van der Waals surface area contributed by atoms with Gasteiger partial charge >= 0.3 is 19.8 Å². The quantitative estimate of drug-likeness (QED) is 0.0217. The van der Waals surface area contributed by atoms with Gasteiger partial charge in [-0.25, -0.2) is 4.57 Å². The van der Waals surface area contributed by atoms with Crippen molar-refractivity contribution in [3.05, 3.63) is 48.6 Å². The lowest BCUT2D eigenvalue weighted by Crippen LogP contribution is -2.37. The number of hydrogen-bond donors (Lipinski definition) is 1. The van der Waals surface area contributed by atoms with Gasteiger partial charge in [-0.15, -0.1) is 0 Å². The highest BCUT2D eigenvalue weighted by atomic mass is 31.2. The number of esters is 2. The maximum Gasteiger partial charge on any atom is 0.472 e. The van der Waals surface area contributed by atoms with Crippen molar-refractivity contribution in [3.8, 4) is 0 Å². The third-order valence-electron chi connectivity index (χ3n) is 8.86. The van der Waals surface area contributed by atoms with E-state index in [1.807, 2.05) is 21.1 Å². The smallest absolute Gasteiger partial charge is 0.462 e. The number of carbonyl (C=O) groups is 2. The molecule has 0 aliphatic carbocycles. The Balaban J connectivity index is 4.47. The zero-order valence-corrected chi connectivity index (χ0v) is 36.1. The molecule has 0 fully saturated rings. The number of carbonyl (C=O) groups excluding carboxylic acids is 2. The van der Waals surface area contributed by atoms with Gasteiger partial charge in [0.15, 0.2) is 6.10 Å². The third-order valence-corrected chi connectivity index (χ3v) is 9.85. The highest BCUT2D eigenvalue weighted by Crippen LogP contribution is 2.43. The minimum absolute atomic E-state index is 0.0230. The van der Waals surface area contributed by atoms with Crippen LogP contribution in [-0.4, -0.2) is 74.9 Å². The van der Waals surface area contributed by atoms with E-state index in [4.69, 9.17) is 18.5 Å². The van der Waals surface area contributed by atoms with Crippen LogP contribution in [0.1, 0.15) is 168 Å². The maximum atomic E-state index is 12.7. The zero-order valence-electron chi connectivity index (χ0n) is 35.2. The lowest BCUT2D eigenvalue weighted by molar-refractivity contribution is -0.870. The Kier molecular flexibility index (Phi) is 35.2. The number of unbranched alkanes of at least 4 members (excludes halogenated alkanes) is 16. The van der Waals surface area contributed by atoms with Gasteiger partial charge in [-0.3, -0.25) is 18.6 Å². The van der Waals surface area contributed by atoms with Crippen molar-refractivity contribution in [3.63, 3.8) is 0 Å². The summed E-state index contributed by atoms with van der Waals surface area (Å²) in [5.74, 6) is -0.864. The number of ether oxygens (including phenoxy) is 2. The van der Waals surface area contributed by atoms with Gasteiger partial charge in [-0.05, 0) is 51.4 Å². The predicted octanol–water partition coefficient (Wildman–Crippen LogP) is 11.9. The molecule has 0 radical (unpaired) electrons. The van der Waals surface area contributed by atoms with Crippen molar-refractivity contribution < 1.29 is 42.1 Å². The first-order valence-corrected chi connectivity index (χ1v) is 22.9. The SMILES string of the molecule is CCCCC/C=C/C/C=C/C/C=C/C/C=C/CCCC(=O)OC[C@H](COP(=O)(O)OCC[N+](C)(C)C)OC(=O)CCCCCCCCCCCCCCC. The Labute approximate surface area is 331 Å². The minimum atomic E-state index is -4.38. The molecule has 9 nitrogen and oxygen atoms in total. The highest BCUT2D eigenvalue weighted by molar-refractivity contribution is 7.47. The number of rotatable bonds is 38. The first-order valence-electron chi connectivity index (χ1n) is 21.4. The highest BCUT2D eigenvalue weighted by Gasteiger charge is 2.27. The molecule has 0 saturated carbocycles. The van der Waals surface area contributed by atoms with E-state index >= 15 is 0 Å². The number of quaternary nitrogens is 1. The average molecular weight is 783 g/mol. The Hall–Kier alpha value is -2.03. The zero-order chi connectivity index (χ0) is 40.0. The Morgan fingerprint density at radius 3 is 1.54 bits per heavy atom. The predicted molar refractivity (Wildman–Crippen MR) is 224 cm³/mol. The van der Waals surface area contributed by atoms with Crippen LogP contribution in [0, 0.1) is 0 Å². The molecular formula is C44H81NO8P+. The summed E-state index contributed by atoms with van der Waals surface area (Å²) in [4.78, 5) is 35.3. The second kappa shape index (κ2) is 36.6. The van der Waals surface area contributed by atoms with Crippen LogP contribution in [0.3, 0.4) is 0 Å². The first kappa shape index (κ1) is 52.0. The van der Waals surface area contributed by atoms with Crippen LogP contribution < -0.4 is 0 Å². The maximum absolute atomic E-state index is 12.7. The Bertz CT molecular complexity index is 1070. The molecule has 0 amide bonds. The van der Waals surface area contributed by atoms with Crippen LogP contribution in [-0.2, 0) is 32.7 Å². The van der Waals surface area contributed by atoms with E-state index in [-0.39, 0.29) is 26.1 Å². The summed E-state index contributed by atoms with van der Waals surface area (Å²) >= 11 is 0. The molecule has 0 aromatic rings. The molecule has 0 heterocycles. The van der Waals surface area contributed by atoms with Gasteiger partial charge in [0.2, 0.25) is 0 Å². The topological polar surface area (TPSA) is 108 Å². The van der Waals surface area contributed by atoms with E-state index in [1.54, 1.807) is 0 Å². The Morgan fingerprint density at radius 1 is 0.574 bits per heavy atom. The van der Waals surface area contributed by atoms with Crippen molar-refractivity contribution >= 4 is 19.8 Å². The molecule has 2 atom stereocenters. The van der Waals surface area contributed by atoms with Gasteiger partial charge in [-0.2, -0.15) is 0 Å². The van der Waals surface area contributed by atoms with Crippen molar-refractivity contribution in [2.45, 2.75) is 174 Å². The second-order valence-electron chi connectivity index (χ2n) is 15.4. The Morgan fingerprint density at radius 2 is 1.02 bits per heavy atom. The summed E-state index contributed by atoms with van der Waals surface area (Å²) in [5.41, 5.74) is 0. The van der Waals surface area contributed by atoms with Gasteiger partial charge < -0.3 is 18.9 Å². The van der Waals surface area contributed by atoms with Crippen LogP contribution in [0.5, 0.6) is 0 Å². The van der Waals surface area contributed by atoms with Crippen LogP contribution in [0.15, 0.2) is 48.6 Å². The molecule has 0 saturated heterocycles. The lowest BCUT2D eigenvalue weighted by Gasteiger charge is -2.24. The van der Waals surface area contributed by atoms with E-state index in [1.165, 1.54) is 89.9 Å². The molecular weight excluding hydrogens is 701 g/mol. The van der Waals surface area contributed by atoms with Crippen molar-refractivity contribution in [1.29, 1.82) is 0 Å². The fourth-order valence-corrected chi connectivity index (χ4v) is 6.22. The number of allylic oxidation sites excluding steroid dienone is 8. The lowest BCUT2D eigenvalue weighted by atomic mass is 10.0. The van der Waals surface area contributed by atoms with Crippen LogP contribution >= 0.6 is 7.82 Å². The number of phosphoric acid groups is 1. The van der Waals surface area contributed by atoms with Crippen LogP contribution in [0.2, 0.25) is 0 Å². The molecule has 54 heavy (non-hydrogen) atoms. The largest absolute Gasteiger partial charge is 0.472 e. The standard InChI is InChI=1S/C44H80NO8P/c1-6-8-10-12-14-16-18-20-21-22-23-25-26-28-30-32-34-36-43(46)50-40-42(41-52-54(48,49)51-39-38-45(3,4)5)53-44(47)37-35-33-31-29-27-24-19-17-15-13-11-9-7-2/h14,16,20-21,23,25,28,30,42H,6-13,15,17-19,22,24,26-27,29,31-41H2,1-5H3/p+1/b16-14+,21-20+,25-23+,30-28+/t42-/m1/s1. The first-order chi connectivity index (χ1) is 26.0. The number of nitrogens with zero attached hydrogens (tertiary/aromatic N) is 1. The van der Waals surface area contributed by atoms with Crippen molar-refractivity contribution in [1.82, 2.24) is 0 Å². The summed E-state index contributed by atoms with van der Waals surface area (Å²) in [6.07, 6.45) is 41.6. The number of phosphoric ester groups is 1. The molecule has 1 N–H and O–H groups in total. The molecule has 0 rings (SSSR count). The summed E-state index contributed by atoms with van der Waals surface area (Å²) in [6, 6.07) is 0. The summed E-state index contributed by atoms with van der Waals surface area (Å²) in [5, 5.41) is 0.